The molecule has 0 aromatic heterocycles. The van der Waals surface area contributed by atoms with Gasteiger partial charge in [0.15, 0.2) is 0 Å². The zero-order valence-corrected chi connectivity index (χ0v) is 11.7. The van der Waals surface area contributed by atoms with Gasteiger partial charge >= 0.3 is 6.03 Å². The molecule has 0 radical (unpaired) electrons. The maximum Gasteiger partial charge on any atom is 0.319 e. The van der Waals surface area contributed by atoms with Gasteiger partial charge in [-0.2, -0.15) is 0 Å². The van der Waals surface area contributed by atoms with Crippen LogP contribution in [0.25, 0.3) is 0 Å². The molecule has 0 bridgehead atoms. The van der Waals surface area contributed by atoms with Gasteiger partial charge in [-0.3, -0.25) is 0 Å². The Morgan fingerprint density at radius 3 is 2.37 bits per heavy atom. The lowest BCUT2D eigenvalue weighted by atomic mass is 10.1. The highest BCUT2D eigenvalue weighted by Gasteiger charge is 2.00. The van der Waals surface area contributed by atoms with Crippen LogP contribution in [0.15, 0.2) is 36.0 Å². The molecule has 4 heteroatoms. The lowest BCUT2D eigenvalue weighted by Gasteiger charge is -2.08. The molecule has 19 heavy (non-hydrogen) atoms. The van der Waals surface area contributed by atoms with Crippen LogP contribution in [-0.4, -0.2) is 11.1 Å². The van der Waals surface area contributed by atoms with E-state index in [0.717, 1.165) is 16.7 Å². The number of rotatable bonds is 5. The van der Waals surface area contributed by atoms with Gasteiger partial charge in [-0.25, -0.2) is 4.79 Å². The van der Waals surface area contributed by atoms with Gasteiger partial charge in [-0.15, -0.1) is 0 Å². The Bertz CT molecular complexity index is 436. The summed E-state index contributed by atoms with van der Waals surface area (Å²) in [5, 5.41) is 14.4. The second kappa shape index (κ2) is 7.59. The van der Waals surface area contributed by atoms with Crippen LogP contribution in [0, 0.1) is 5.92 Å². The lowest BCUT2D eigenvalue weighted by molar-refractivity contribution is 0.243. The number of nitrogens with one attached hydrogen (secondary N) is 2. The van der Waals surface area contributed by atoms with Crippen LogP contribution in [0.3, 0.4) is 0 Å². The lowest BCUT2D eigenvalue weighted by Crippen LogP contribution is -2.32. The molecule has 0 heterocycles. The summed E-state index contributed by atoms with van der Waals surface area (Å²) in [5.74, 6) is 0.423. The smallest absolute Gasteiger partial charge is 0.319 e. The first-order valence-corrected chi connectivity index (χ1v) is 6.42. The fourth-order valence-corrected chi connectivity index (χ4v) is 1.34. The number of hydrogen-bond donors (Lipinski definition) is 3. The number of carbonyl (C=O) groups excluding carboxylic acids is 1. The number of urea groups is 1. The molecule has 3 N–H and O–H groups in total. The summed E-state index contributed by atoms with van der Waals surface area (Å²) < 4.78 is 0. The maximum atomic E-state index is 11.6. The average Bonchev–Trinajstić information content (AvgIpc) is 2.42. The minimum absolute atomic E-state index is 0.0352. The highest BCUT2D eigenvalue weighted by molar-refractivity contribution is 5.74. The van der Waals surface area contributed by atoms with Crippen LogP contribution in [0.2, 0.25) is 0 Å². The minimum Gasteiger partial charge on any atom is -0.392 e. The summed E-state index contributed by atoms with van der Waals surface area (Å²) >= 11 is 0. The van der Waals surface area contributed by atoms with E-state index in [2.05, 4.69) is 24.5 Å². The van der Waals surface area contributed by atoms with Crippen molar-refractivity contribution in [3.63, 3.8) is 0 Å². The molecule has 0 spiro atoms. The van der Waals surface area contributed by atoms with Gasteiger partial charge in [-0.1, -0.05) is 43.7 Å². The molecule has 2 amide bonds. The summed E-state index contributed by atoms with van der Waals surface area (Å²) in [6.07, 6.45) is 1.73. The fourth-order valence-electron chi connectivity index (χ4n) is 1.34. The number of aliphatic hydroxyl groups is 1. The second-order valence-electron chi connectivity index (χ2n) is 4.84. The zero-order chi connectivity index (χ0) is 14.3. The standard InChI is InChI=1S/C15H22N2O2/c1-11(2)12(3)8-16-15(19)17-9-13-4-6-14(10-18)7-5-13/h4-8,11,18H,9-10H2,1-3H3,(H2,16,17,19)/b12-8+. The SMILES string of the molecule is C/C(=C\NC(=O)NCc1ccc(CO)cc1)C(C)C. The Labute approximate surface area is 114 Å². The quantitative estimate of drug-likeness (QED) is 0.763. The number of carbonyl (C=O) groups is 1. The van der Waals surface area contributed by atoms with E-state index in [0.29, 0.717) is 12.5 Å². The molecule has 4 nitrogen and oxygen atoms in total. The number of hydrogen-bond acceptors (Lipinski definition) is 2. The molecule has 0 saturated heterocycles. The van der Waals surface area contributed by atoms with E-state index in [9.17, 15) is 4.79 Å². The molecule has 1 rings (SSSR count). The third kappa shape index (κ3) is 5.57. The van der Waals surface area contributed by atoms with Crippen molar-refractivity contribution >= 4 is 6.03 Å². The Kier molecular flexibility index (Phi) is 6.09. The van der Waals surface area contributed by atoms with Crippen LogP contribution >= 0.6 is 0 Å². The van der Waals surface area contributed by atoms with Gasteiger partial charge in [0.2, 0.25) is 0 Å². The van der Waals surface area contributed by atoms with Gasteiger partial charge in [0, 0.05) is 12.7 Å². The predicted octanol–water partition coefficient (Wildman–Crippen LogP) is 2.54. The average molecular weight is 262 g/mol. The summed E-state index contributed by atoms with van der Waals surface area (Å²) in [6.45, 7) is 6.64. The Morgan fingerprint density at radius 1 is 1.26 bits per heavy atom. The third-order valence-corrected chi connectivity index (χ3v) is 3.00. The van der Waals surface area contributed by atoms with Crippen molar-refractivity contribution in [2.75, 3.05) is 0 Å². The Balaban J connectivity index is 2.39. The van der Waals surface area contributed by atoms with Crippen LogP contribution in [0.5, 0.6) is 0 Å². The number of amides is 2. The fraction of sp³-hybridized carbons (Fsp3) is 0.400. The normalized spacial score (nSPS) is 11.5. The molecule has 1 aromatic rings. The molecule has 0 atom stereocenters. The molecule has 0 aliphatic heterocycles. The van der Waals surface area contributed by atoms with Crippen molar-refractivity contribution in [1.82, 2.24) is 10.6 Å². The Morgan fingerprint density at radius 2 is 1.84 bits per heavy atom. The van der Waals surface area contributed by atoms with Crippen molar-refractivity contribution in [2.45, 2.75) is 33.9 Å². The van der Waals surface area contributed by atoms with Gasteiger partial charge < -0.3 is 15.7 Å². The largest absolute Gasteiger partial charge is 0.392 e. The molecule has 0 aliphatic carbocycles. The van der Waals surface area contributed by atoms with Gasteiger partial charge in [0.05, 0.1) is 6.61 Å². The number of allylic oxidation sites excluding steroid dienone is 1. The van der Waals surface area contributed by atoms with Crippen LogP contribution in [0.4, 0.5) is 4.79 Å². The van der Waals surface area contributed by atoms with E-state index in [1.807, 2.05) is 31.2 Å². The molecule has 104 valence electrons. The molecule has 0 unspecified atom stereocenters. The van der Waals surface area contributed by atoms with E-state index < -0.39 is 0 Å². The first-order valence-electron chi connectivity index (χ1n) is 6.42. The van der Waals surface area contributed by atoms with E-state index in [1.165, 1.54) is 0 Å². The van der Waals surface area contributed by atoms with E-state index in [1.54, 1.807) is 6.20 Å². The molecular weight excluding hydrogens is 240 g/mol. The maximum absolute atomic E-state index is 11.6. The molecule has 0 aliphatic rings. The molecule has 0 saturated carbocycles. The van der Waals surface area contributed by atoms with E-state index in [-0.39, 0.29) is 12.6 Å². The van der Waals surface area contributed by atoms with Crippen LogP contribution in [-0.2, 0) is 13.2 Å². The minimum atomic E-state index is -0.216. The van der Waals surface area contributed by atoms with Gasteiger partial charge in [-0.05, 0) is 24.0 Å². The van der Waals surface area contributed by atoms with E-state index >= 15 is 0 Å². The van der Waals surface area contributed by atoms with Gasteiger partial charge in [0.1, 0.15) is 0 Å². The summed E-state index contributed by atoms with van der Waals surface area (Å²) in [4.78, 5) is 11.6. The van der Waals surface area contributed by atoms with Crippen molar-refractivity contribution in [3.05, 3.63) is 47.2 Å². The molecule has 0 fully saturated rings. The van der Waals surface area contributed by atoms with E-state index in [4.69, 9.17) is 5.11 Å². The first-order chi connectivity index (χ1) is 9.02. The zero-order valence-electron chi connectivity index (χ0n) is 11.7. The Hall–Kier alpha value is -1.81. The molecular formula is C15H22N2O2. The van der Waals surface area contributed by atoms with Crippen molar-refractivity contribution in [2.24, 2.45) is 5.92 Å². The number of aliphatic hydroxyl groups excluding tert-OH is 1. The highest BCUT2D eigenvalue weighted by Crippen LogP contribution is 2.06. The molecule has 1 aromatic carbocycles. The van der Waals surface area contributed by atoms with Crippen molar-refractivity contribution in [1.29, 1.82) is 0 Å². The van der Waals surface area contributed by atoms with Crippen LogP contribution < -0.4 is 10.6 Å². The monoisotopic (exact) mass is 262 g/mol. The summed E-state index contributed by atoms with van der Waals surface area (Å²) in [7, 11) is 0. The van der Waals surface area contributed by atoms with Crippen molar-refractivity contribution in [3.8, 4) is 0 Å². The first kappa shape index (κ1) is 15.2. The second-order valence-corrected chi connectivity index (χ2v) is 4.84. The highest BCUT2D eigenvalue weighted by atomic mass is 16.3. The number of benzene rings is 1. The predicted molar refractivity (Wildman–Crippen MR) is 76.3 cm³/mol. The summed E-state index contributed by atoms with van der Waals surface area (Å²) in [5.41, 5.74) is 2.99. The van der Waals surface area contributed by atoms with Crippen molar-refractivity contribution < 1.29 is 9.90 Å². The topological polar surface area (TPSA) is 61.4 Å². The van der Waals surface area contributed by atoms with Gasteiger partial charge in [0.25, 0.3) is 0 Å². The van der Waals surface area contributed by atoms with Crippen LogP contribution in [0.1, 0.15) is 31.9 Å². The third-order valence-electron chi connectivity index (χ3n) is 3.00. The summed E-state index contributed by atoms with van der Waals surface area (Å²) in [6, 6.07) is 7.25.